The average molecular weight is 466 g/mol. The maximum absolute atomic E-state index is 13.0. The van der Waals surface area contributed by atoms with E-state index in [0.29, 0.717) is 30.0 Å². The highest BCUT2D eigenvalue weighted by molar-refractivity contribution is 6.31. The Morgan fingerprint density at radius 3 is 2.67 bits per heavy atom. The number of rotatable bonds is 7. The lowest BCUT2D eigenvalue weighted by atomic mass is 10.0. The summed E-state index contributed by atoms with van der Waals surface area (Å²) in [4.78, 5) is 45.7. The minimum absolute atomic E-state index is 0.158. The number of ether oxygens (including phenoxy) is 1. The van der Waals surface area contributed by atoms with Crippen LogP contribution in [0, 0.1) is 0 Å². The van der Waals surface area contributed by atoms with Crippen LogP contribution >= 0.6 is 11.6 Å². The van der Waals surface area contributed by atoms with Crippen LogP contribution in [0.25, 0.3) is 11.3 Å². The van der Waals surface area contributed by atoms with E-state index in [9.17, 15) is 14.4 Å². The van der Waals surface area contributed by atoms with Crippen molar-refractivity contribution in [2.75, 3.05) is 13.7 Å². The van der Waals surface area contributed by atoms with Gasteiger partial charge in [0.05, 0.1) is 13.2 Å². The van der Waals surface area contributed by atoms with Gasteiger partial charge < -0.3 is 15.0 Å². The summed E-state index contributed by atoms with van der Waals surface area (Å²) in [6, 6.07) is 11.4. The molecule has 0 unspecified atom stereocenters. The molecule has 33 heavy (non-hydrogen) atoms. The maximum atomic E-state index is 13.0. The standard InChI is InChI=1S/C23H20ClN5O4/c1-33-17-7-6-16-11-29(22(31)18(16)10-17)12-19(28-23(32)27-13-30)14-2-4-15(5-3-14)20-21(24)26-9-8-25-20/h2-10,13,19H,11-12H2,1H3,(H2,27,28,30,32)/t19-/m0/s1. The van der Waals surface area contributed by atoms with Gasteiger partial charge in [-0.05, 0) is 23.3 Å². The number of carbonyl (C=O) groups excluding carboxylic acids is 3. The van der Waals surface area contributed by atoms with Crippen molar-refractivity contribution >= 4 is 29.9 Å². The van der Waals surface area contributed by atoms with Gasteiger partial charge in [0.25, 0.3) is 5.91 Å². The number of halogens is 1. The molecule has 0 radical (unpaired) electrons. The Morgan fingerprint density at radius 1 is 1.21 bits per heavy atom. The van der Waals surface area contributed by atoms with Crippen LogP contribution < -0.4 is 15.4 Å². The van der Waals surface area contributed by atoms with Crippen molar-refractivity contribution in [3.63, 3.8) is 0 Å². The molecule has 2 N–H and O–H groups in total. The van der Waals surface area contributed by atoms with Crippen molar-refractivity contribution in [2.45, 2.75) is 12.6 Å². The zero-order valence-corrected chi connectivity index (χ0v) is 18.4. The molecule has 1 aliphatic rings. The van der Waals surface area contributed by atoms with Crippen LogP contribution in [-0.2, 0) is 11.3 Å². The number of aromatic nitrogens is 2. The summed E-state index contributed by atoms with van der Waals surface area (Å²) in [6.45, 7) is 0.603. The maximum Gasteiger partial charge on any atom is 0.321 e. The molecule has 0 aliphatic carbocycles. The van der Waals surface area contributed by atoms with Crippen molar-refractivity contribution < 1.29 is 19.1 Å². The smallest absolute Gasteiger partial charge is 0.321 e. The van der Waals surface area contributed by atoms with Crippen molar-refractivity contribution in [1.29, 1.82) is 0 Å². The lowest BCUT2D eigenvalue weighted by molar-refractivity contribution is -0.108. The quantitative estimate of drug-likeness (QED) is 0.518. The Bertz CT molecular complexity index is 1200. The molecular weight excluding hydrogens is 446 g/mol. The minimum Gasteiger partial charge on any atom is -0.497 e. The fourth-order valence-corrected chi connectivity index (χ4v) is 3.93. The third-order valence-corrected chi connectivity index (χ3v) is 5.61. The minimum atomic E-state index is -0.665. The van der Waals surface area contributed by atoms with E-state index >= 15 is 0 Å². The summed E-state index contributed by atoms with van der Waals surface area (Å²) in [6.07, 6.45) is 3.36. The van der Waals surface area contributed by atoms with Crippen LogP contribution in [0.2, 0.25) is 5.15 Å². The third kappa shape index (κ3) is 4.78. The molecule has 0 saturated heterocycles. The van der Waals surface area contributed by atoms with Gasteiger partial charge in [-0.25, -0.2) is 9.78 Å². The summed E-state index contributed by atoms with van der Waals surface area (Å²) < 4.78 is 5.22. The van der Waals surface area contributed by atoms with Crippen LogP contribution in [0.3, 0.4) is 0 Å². The SMILES string of the molecule is COc1ccc2c(c1)C(=O)N(C[C@H](NC(=O)NC=O)c1ccc(-c3nccnc3Cl)cc1)C2. The Kier molecular flexibility index (Phi) is 6.50. The van der Waals surface area contributed by atoms with E-state index in [1.165, 1.54) is 6.20 Å². The molecule has 0 saturated carbocycles. The van der Waals surface area contributed by atoms with Crippen LogP contribution in [0.4, 0.5) is 4.79 Å². The number of hydrogen-bond acceptors (Lipinski definition) is 6. The first kappa shape index (κ1) is 22.2. The number of imide groups is 1. The zero-order chi connectivity index (χ0) is 23.4. The molecule has 1 atom stereocenters. The second-order valence-corrected chi connectivity index (χ2v) is 7.67. The highest BCUT2D eigenvalue weighted by Crippen LogP contribution is 2.29. The van der Waals surface area contributed by atoms with E-state index in [0.717, 1.165) is 16.7 Å². The average Bonchev–Trinajstić information content (AvgIpc) is 3.13. The third-order valence-electron chi connectivity index (χ3n) is 5.33. The Labute approximate surface area is 194 Å². The molecule has 168 valence electrons. The van der Waals surface area contributed by atoms with E-state index < -0.39 is 12.1 Å². The molecule has 9 nitrogen and oxygen atoms in total. The number of fused-ring (bicyclic) bond motifs is 1. The first-order valence-corrected chi connectivity index (χ1v) is 10.4. The summed E-state index contributed by atoms with van der Waals surface area (Å²) in [5, 5.41) is 5.10. The van der Waals surface area contributed by atoms with E-state index in [1.807, 2.05) is 30.3 Å². The summed E-state index contributed by atoms with van der Waals surface area (Å²) in [5.41, 5.74) is 3.47. The van der Waals surface area contributed by atoms with Gasteiger partial charge in [0.15, 0.2) is 5.15 Å². The summed E-state index contributed by atoms with van der Waals surface area (Å²) in [7, 11) is 1.54. The van der Waals surface area contributed by atoms with Crippen LogP contribution in [0.15, 0.2) is 54.9 Å². The second kappa shape index (κ2) is 9.66. The number of nitrogens with zero attached hydrogens (tertiary/aromatic N) is 3. The fraction of sp³-hybridized carbons (Fsp3) is 0.174. The lowest BCUT2D eigenvalue weighted by Crippen LogP contribution is -2.42. The number of benzene rings is 2. The van der Waals surface area contributed by atoms with Gasteiger partial charge in [-0.15, -0.1) is 0 Å². The number of amides is 4. The molecule has 0 spiro atoms. The van der Waals surface area contributed by atoms with Gasteiger partial charge in [-0.1, -0.05) is 41.9 Å². The molecule has 4 amide bonds. The normalized spacial score (nSPS) is 13.3. The number of urea groups is 1. The van der Waals surface area contributed by atoms with Gasteiger partial charge >= 0.3 is 6.03 Å². The number of hydrogen-bond donors (Lipinski definition) is 2. The van der Waals surface area contributed by atoms with Crippen molar-refractivity contribution in [2.24, 2.45) is 0 Å². The molecule has 1 aromatic heterocycles. The van der Waals surface area contributed by atoms with Crippen LogP contribution in [-0.4, -0.2) is 46.9 Å². The molecule has 3 aromatic rings. The van der Waals surface area contributed by atoms with Crippen molar-refractivity contribution in [1.82, 2.24) is 25.5 Å². The highest BCUT2D eigenvalue weighted by atomic mass is 35.5. The molecular formula is C23H20ClN5O4. The Balaban J connectivity index is 1.58. The molecule has 2 aromatic carbocycles. The van der Waals surface area contributed by atoms with Crippen LogP contribution in [0.5, 0.6) is 5.75 Å². The first-order valence-electron chi connectivity index (χ1n) is 10.0. The van der Waals surface area contributed by atoms with Crippen molar-refractivity contribution in [3.05, 3.63) is 76.7 Å². The van der Waals surface area contributed by atoms with Gasteiger partial charge in [0.1, 0.15) is 11.4 Å². The van der Waals surface area contributed by atoms with Gasteiger partial charge in [0.2, 0.25) is 6.41 Å². The summed E-state index contributed by atoms with van der Waals surface area (Å²) >= 11 is 6.13. The largest absolute Gasteiger partial charge is 0.497 e. The van der Waals surface area contributed by atoms with E-state index in [-0.39, 0.29) is 17.6 Å². The van der Waals surface area contributed by atoms with Crippen molar-refractivity contribution in [3.8, 4) is 17.0 Å². The molecule has 0 bridgehead atoms. The highest BCUT2D eigenvalue weighted by Gasteiger charge is 2.30. The topological polar surface area (TPSA) is 114 Å². The number of methoxy groups -OCH3 is 1. The first-order chi connectivity index (χ1) is 16.0. The molecule has 10 heteroatoms. The Hall–Kier alpha value is -3.98. The van der Waals surface area contributed by atoms with Gasteiger partial charge in [0, 0.05) is 36.6 Å². The van der Waals surface area contributed by atoms with Crippen LogP contribution in [0.1, 0.15) is 27.5 Å². The second-order valence-electron chi connectivity index (χ2n) is 7.31. The molecule has 2 heterocycles. The predicted molar refractivity (Wildman–Crippen MR) is 121 cm³/mol. The fourth-order valence-electron chi connectivity index (χ4n) is 3.71. The Morgan fingerprint density at radius 2 is 1.97 bits per heavy atom. The monoisotopic (exact) mass is 465 g/mol. The zero-order valence-electron chi connectivity index (χ0n) is 17.6. The molecule has 0 fully saturated rings. The number of carbonyl (C=O) groups is 3. The number of nitrogens with one attached hydrogen (secondary N) is 2. The van der Waals surface area contributed by atoms with E-state index in [1.54, 1.807) is 30.3 Å². The lowest BCUT2D eigenvalue weighted by Gasteiger charge is -2.25. The van der Waals surface area contributed by atoms with Gasteiger partial charge in [-0.2, -0.15) is 0 Å². The summed E-state index contributed by atoms with van der Waals surface area (Å²) in [5.74, 6) is 0.441. The molecule has 1 aliphatic heterocycles. The van der Waals surface area contributed by atoms with Gasteiger partial charge in [-0.3, -0.25) is 19.9 Å². The molecule has 4 rings (SSSR count). The van der Waals surface area contributed by atoms with E-state index in [4.69, 9.17) is 16.3 Å². The predicted octanol–water partition coefficient (Wildman–Crippen LogP) is 2.96. The van der Waals surface area contributed by atoms with E-state index in [2.05, 4.69) is 20.6 Å².